The molecule has 2 atom stereocenters. The van der Waals surface area contributed by atoms with E-state index >= 15 is 0 Å². The minimum Gasteiger partial charge on any atom is -0.266 e. The number of benzene rings is 2. The second-order valence-electron chi connectivity index (χ2n) is 7.44. The average Bonchev–Trinajstić information content (AvgIpc) is 2.71. The zero-order valence-electron chi connectivity index (χ0n) is 17.9. The quantitative estimate of drug-likeness (QED) is 0.466. The lowest BCUT2D eigenvalue weighted by Gasteiger charge is -2.24. The van der Waals surface area contributed by atoms with Crippen LogP contribution in [0.2, 0.25) is 0 Å². The van der Waals surface area contributed by atoms with E-state index in [1.54, 1.807) is 24.3 Å². The largest absolute Gasteiger partial charge is 0.296 e. The maximum Gasteiger partial charge on any atom is 0.296 e. The summed E-state index contributed by atoms with van der Waals surface area (Å²) in [6, 6.07) is 12.9. The Balaban J connectivity index is 2.02. The van der Waals surface area contributed by atoms with Gasteiger partial charge in [0.1, 0.15) is 0 Å². The van der Waals surface area contributed by atoms with Gasteiger partial charge in [0.15, 0.2) is 0 Å². The normalized spacial score (nSPS) is 14.4. The molecule has 166 valence electrons. The monoisotopic (exact) mass is 454 g/mol. The van der Waals surface area contributed by atoms with Crippen molar-refractivity contribution in [3.63, 3.8) is 0 Å². The molecule has 2 aromatic carbocycles. The first kappa shape index (κ1) is 24.5. The van der Waals surface area contributed by atoms with Crippen LogP contribution in [-0.2, 0) is 28.6 Å². The Morgan fingerprint density at radius 1 is 0.633 bits per heavy atom. The van der Waals surface area contributed by atoms with E-state index in [1.165, 1.54) is 24.3 Å². The van der Waals surface area contributed by atoms with Crippen LogP contribution in [0.25, 0.3) is 0 Å². The fraction of sp³-hybridized carbons (Fsp3) is 0.455. The van der Waals surface area contributed by atoms with E-state index in [0.717, 1.165) is 11.1 Å². The molecule has 8 heteroatoms. The standard InChI is InChI=1S/C22H30O6S2/c1-5-19(15-27-29(23,24)21-11-7-17(3)8-12-21)20(6-2)16-28-30(25,26)22-13-9-18(4)10-14-22/h7-14,19-20H,5-6,15-16H2,1-4H3. The molecule has 0 saturated carbocycles. The van der Waals surface area contributed by atoms with Gasteiger partial charge in [-0.15, -0.1) is 0 Å². The van der Waals surface area contributed by atoms with Crippen molar-refractivity contribution in [2.24, 2.45) is 11.8 Å². The highest BCUT2D eigenvalue weighted by Gasteiger charge is 2.26. The Labute approximate surface area is 180 Å². The Hall–Kier alpha value is -1.74. The number of rotatable bonds is 11. The molecule has 2 aromatic rings. The zero-order valence-corrected chi connectivity index (χ0v) is 19.5. The first-order valence-corrected chi connectivity index (χ1v) is 12.8. The maximum atomic E-state index is 12.5. The third-order valence-electron chi connectivity index (χ3n) is 5.21. The molecule has 0 amide bonds. The van der Waals surface area contributed by atoms with Crippen molar-refractivity contribution in [1.29, 1.82) is 0 Å². The fourth-order valence-electron chi connectivity index (χ4n) is 3.07. The third kappa shape index (κ3) is 6.63. The summed E-state index contributed by atoms with van der Waals surface area (Å²) in [4.78, 5) is 0.211. The van der Waals surface area contributed by atoms with Crippen LogP contribution >= 0.6 is 0 Å². The van der Waals surface area contributed by atoms with Gasteiger partial charge >= 0.3 is 0 Å². The Kier molecular flexibility index (Phi) is 8.61. The van der Waals surface area contributed by atoms with Crippen LogP contribution in [-0.4, -0.2) is 30.0 Å². The Morgan fingerprint density at radius 3 is 1.20 bits per heavy atom. The first-order chi connectivity index (χ1) is 14.1. The smallest absolute Gasteiger partial charge is 0.266 e. The summed E-state index contributed by atoms with van der Waals surface area (Å²) < 4.78 is 60.4. The minimum absolute atomic E-state index is 0.0286. The summed E-state index contributed by atoms with van der Waals surface area (Å²) in [7, 11) is -7.75. The van der Waals surface area contributed by atoms with Crippen molar-refractivity contribution >= 4 is 20.2 Å². The third-order valence-corrected chi connectivity index (χ3v) is 7.80. The van der Waals surface area contributed by atoms with E-state index in [4.69, 9.17) is 8.37 Å². The average molecular weight is 455 g/mol. The molecule has 0 spiro atoms. The number of hydrogen-bond acceptors (Lipinski definition) is 6. The van der Waals surface area contributed by atoms with Gasteiger partial charge < -0.3 is 0 Å². The van der Waals surface area contributed by atoms with Gasteiger partial charge in [0.25, 0.3) is 20.2 Å². The molecule has 0 bridgehead atoms. The molecule has 0 radical (unpaired) electrons. The van der Waals surface area contributed by atoms with Gasteiger partial charge in [0, 0.05) is 0 Å². The molecule has 30 heavy (non-hydrogen) atoms. The van der Waals surface area contributed by atoms with Crippen molar-refractivity contribution in [3.05, 3.63) is 59.7 Å². The summed E-state index contributed by atoms with van der Waals surface area (Å²) >= 11 is 0. The lowest BCUT2D eigenvalue weighted by Crippen LogP contribution is -2.26. The Morgan fingerprint density at radius 2 is 0.933 bits per heavy atom. The van der Waals surface area contributed by atoms with Crippen LogP contribution in [0.15, 0.2) is 58.3 Å². The van der Waals surface area contributed by atoms with Crippen molar-refractivity contribution in [3.8, 4) is 0 Å². The minimum atomic E-state index is -3.87. The maximum absolute atomic E-state index is 12.5. The molecule has 0 saturated heterocycles. The number of aryl methyl sites for hydroxylation is 2. The van der Waals surface area contributed by atoms with Crippen molar-refractivity contribution in [2.45, 2.75) is 50.3 Å². The second-order valence-corrected chi connectivity index (χ2v) is 10.7. The SMILES string of the molecule is CCC(COS(=O)(=O)c1ccc(C)cc1)C(CC)COS(=O)(=O)c1ccc(C)cc1. The van der Waals surface area contributed by atoms with Gasteiger partial charge in [-0.2, -0.15) is 16.8 Å². The van der Waals surface area contributed by atoms with E-state index in [0.29, 0.717) is 12.8 Å². The number of hydrogen-bond donors (Lipinski definition) is 0. The van der Waals surface area contributed by atoms with Crippen molar-refractivity contribution in [1.82, 2.24) is 0 Å². The summed E-state index contributed by atoms with van der Waals surface area (Å²) in [6.45, 7) is 7.54. The lowest BCUT2D eigenvalue weighted by atomic mass is 9.89. The van der Waals surface area contributed by atoms with Crippen LogP contribution in [0.5, 0.6) is 0 Å². The van der Waals surface area contributed by atoms with Crippen molar-refractivity contribution < 1.29 is 25.2 Å². The molecule has 2 rings (SSSR count). The second kappa shape index (κ2) is 10.5. The van der Waals surface area contributed by atoms with Gasteiger partial charge in [-0.25, -0.2) is 0 Å². The highest BCUT2D eigenvalue weighted by Crippen LogP contribution is 2.25. The van der Waals surface area contributed by atoms with E-state index in [2.05, 4.69) is 0 Å². The molecule has 6 nitrogen and oxygen atoms in total. The van der Waals surface area contributed by atoms with Gasteiger partial charge in [0.2, 0.25) is 0 Å². The molecule has 0 aromatic heterocycles. The molecular weight excluding hydrogens is 424 g/mol. The Bertz CT molecular complexity index is 925. The lowest BCUT2D eigenvalue weighted by molar-refractivity contribution is 0.140. The molecule has 0 heterocycles. The topological polar surface area (TPSA) is 86.7 Å². The van der Waals surface area contributed by atoms with E-state index in [9.17, 15) is 16.8 Å². The molecule has 0 fully saturated rings. The molecule has 0 aliphatic heterocycles. The van der Waals surface area contributed by atoms with Gasteiger partial charge in [-0.3, -0.25) is 8.37 Å². The van der Waals surface area contributed by atoms with Crippen LogP contribution in [0.4, 0.5) is 0 Å². The first-order valence-electron chi connectivity index (χ1n) is 10.0. The van der Waals surface area contributed by atoms with E-state index in [-0.39, 0.29) is 34.8 Å². The summed E-state index contributed by atoms with van der Waals surface area (Å²) in [5.41, 5.74) is 1.91. The predicted molar refractivity (Wildman–Crippen MR) is 116 cm³/mol. The molecule has 0 aliphatic carbocycles. The van der Waals surface area contributed by atoms with Gasteiger partial charge in [-0.05, 0) is 49.9 Å². The van der Waals surface area contributed by atoms with Crippen molar-refractivity contribution in [2.75, 3.05) is 13.2 Å². The summed E-state index contributed by atoms with van der Waals surface area (Å²) in [5, 5.41) is 0. The highest BCUT2D eigenvalue weighted by atomic mass is 32.2. The molecular formula is C22H30O6S2. The van der Waals surface area contributed by atoms with E-state index in [1.807, 2.05) is 27.7 Å². The van der Waals surface area contributed by atoms with Crippen LogP contribution in [0, 0.1) is 25.7 Å². The summed E-state index contributed by atoms with van der Waals surface area (Å²) in [5.74, 6) is -0.327. The highest BCUT2D eigenvalue weighted by molar-refractivity contribution is 7.87. The molecule has 0 aliphatic rings. The molecule has 2 unspecified atom stereocenters. The predicted octanol–water partition coefficient (Wildman–Crippen LogP) is 4.47. The van der Waals surface area contributed by atoms with Gasteiger partial charge in [0.05, 0.1) is 23.0 Å². The van der Waals surface area contributed by atoms with E-state index < -0.39 is 20.2 Å². The fourth-order valence-corrected chi connectivity index (χ4v) is 4.99. The van der Waals surface area contributed by atoms with Crippen LogP contribution in [0.3, 0.4) is 0 Å². The van der Waals surface area contributed by atoms with Crippen LogP contribution < -0.4 is 0 Å². The van der Waals surface area contributed by atoms with Crippen LogP contribution in [0.1, 0.15) is 37.8 Å². The zero-order chi connectivity index (χ0) is 22.4. The van der Waals surface area contributed by atoms with Gasteiger partial charge in [-0.1, -0.05) is 62.1 Å². The molecule has 0 N–H and O–H groups in total. The summed E-state index contributed by atoms with van der Waals surface area (Å²) in [6.07, 6.45) is 1.27.